The molecule has 2 aromatic carbocycles. The van der Waals surface area contributed by atoms with Gasteiger partial charge in [-0.3, -0.25) is 39.3 Å². The Kier molecular flexibility index (Phi) is 9.97. The number of piperazine rings is 1. The summed E-state index contributed by atoms with van der Waals surface area (Å²) in [6, 6.07) is 9.00. The van der Waals surface area contributed by atoms with Gasteiger partial charge in [-0.2, -0.15) is 5.10 Å². The summed E-state index contributed by atoms with van der Waals surface area (Å²) >= 11 is 0. The number of nitrogens with zero attached hydrogens (tertiary/aromatic N) is 5. The Morgan fingerprint density at radius 1 is 0.914 bits per heavy atom. The van der Waals surface area contributed by atoms with Crippen molar-refractivity contribution in [3.8, 4) is 11.4 Å². The number of likely N-dealkylation sites (N-methyl/N-ethyl adjacent to an activating group) is 1. The third-order valence-electron chi connectivity index (χ3n) is 12.7. The summed E-state index contributed by atoms with van der Waals surface area (Å²) in [5.74, 6) is -6.08. The fraction of sp³-hybridized carbons (Fsp3) is 0.476. The van der Waals surface area contributed by atoms with E-state index in [0.717, 1.165) is 60.9 Å². The SMILES string of the molecule is CC.CN1CCN(C(=O)c2cc3[nH]c(-c4n[nH]c5c4CC4C(F)(F)C4(C)C5)cc3cc2F)CC1.O=C1CCC(N2C(=O)c3ccc(N4CCCC4)cc3C2=O)C(=O)N1. The molecule has 3 atom stereocenters. The predicted octanol–water partition coefficient (Wildman–Crippen LogP) is 5.17. The number of fused-ring (bicyclic) bond motifs is 4. The molecule has 10 rings (SSSR count). The second kappa shape index (κ2) is 14.7. The van der Waals surface area contributed by atoms with Crippen LogP contribution in [-0.2, 0) is 22.4 Å². The molecule has 13 nitrogen and oxygen atoms in total. The number of aromatic amines is 2. The topological polar surface area (TPSA) is 155 Å². The first-order chi connectivity index (χ1) is 27.7. The van der Waals surface area contributed by atoms with Crippen LogP contribution in [0.15, 0.2) is 36.4 Å². The van der Waals surface area contributed by atoms with Gasteiger partial charge in [0.1, 0.15) is 17.6 Å². The van der Waals surface area contributed by atoms with Crippen molar-refractivity contribution in [3.63, 3.8) is 0 Å². The fourth-order valence-electron chi connectivity index (χ4n) is 9.09. The van der Waals surface area contributed by atoms with Gasteiger partial charge in [-0.05, 0) is 69.1 Å². The minimum absolute atomic E-state index is 0.0351. The molecule has 4 aromatic rings. The monoisotopic (exact) mass is 800 g/mol. The number of aromatic nitrogens is 3. The van der Waals surface area contributed by atoms with Gasteiger partial charge in [-0.15, -0.1) is 0 Å². The summed E-state index contributed by atoms with van der Waals surface area (Å²) in [4.78, 5) is 71.7. The van der Waals surface area contributed by atoms with E-state index in [-0.39, 0.29) is 43.1 Å². The molecule has 4 fully saturated rings. The highest BCUT2D eigenvalue weighted by Crippen LogP contribution is 2.70. The van der Waals surface area contributed by atoms with Crippen molar-refractivity contribution in [2.24, 2.45) is 11.3 Å². The van der Waals surface area contributed by atoms with E-state index in [4.69, 9.17) is 0 Å². The third kappa shape index (κ3) is 6.45. The highest BCUT2D eigenvalue weighted by Gasteiger charge is 2.78. The molecule has 2 aromatic heterocycles. The second-order valence-electron chi connectivity index (χ2n) is 16.1. The van der Waals surface area contributed by atoms with E-state index in [1.807, 2.05) is 27.0 Å². The van der Waals surface area contributed by atoms with E-state index in [2.05, 4.69) is 30.3 Å². The highest BCUT2D eigenvalue weighted by atomic mass is 19.3. The number of nitrogens with one attached hydrogen (secondary N) is 3. The minimum Gasteiger partial charge on any atom is -0.372 e. The zero-order chi connectivity index (χ0) is 41.3. The maximum Gasteiger partial charge on any atom is 0.262 e. The van der Waals surface area contributed by atoms with Crippen LogP contribution in [0.25, 0.3) is 22.3 Å². The summed E-state index contributed by atoms with van der Waals surface area (Å²) in [6.07, 6.45) is 3.07. The number of carbonyl (C=O) groups excluding carboxylic acids is 5. The number of imide groups is 2. The van der Waals surface area contributed by atoms with Crippen molar-refractivity contribution >= 4 is 46.1 Å². The molecule has 58 heavy (non-hydrogen) atoms. The molecule has 16 heteroatoms. The molecule has 0 spiro atoms. The average molecular weight is 801 g/mol. The Balaban J connectivity index is 0.000000161. The molecule has 1 saturated carbocycles. The number of hydrogen-bond donors (Lipinski definition) is 3. The zero-order valence-electron chi connectivity index (χ0n) is 33.0. The van der Waals surface area contributed by atoms with Gasteiger partial charge in [0, 0.05) is 91.3 Å². The summed E-state index contributed by atoms with van der Waals surface area (Å²) in [6.45, 7) is 10.2. The first-order valence-electron chi connectivity index (χ1n) is 20.1. The maximum atomic E-state index is 14.8. The Bertz CT molecular complexity index is 2340. The summed E-state index contributed by atoms with van der Waals surface area (Å²) in [5.41, 5.74) is 4.02. The van der Waals surface area contributed by atoms with Crippen molar-refractivity contribution in [2.45, 2.75) is 71.3 Å². The van der Waals surface area contributed by atoms with Crippen LogP contribution >= 0.6 is 0 Å². The van der Waals surface area contributed by atoms with Crippen LogP contribution in [0.5, 0.6) is 0 Å². The lowest BCUT2D eigenvalue weighted by Crippen LogP contribution is -2.54. The molecular weight excluding hydrogens is 754 g/mol. The van der Waals surface area contributed by atoms with Crippen LogP contribution in [0, 0.1) is 17.2 Å². The van der Waals surface area contributed by atoms with Gasteiger partial charge in [0.25, 0.3) is 23.6 Å². The second-order valence-corrected chi connectivity index (χ2v) is 16.1. The number of piperidine rings is 1. The van der Waals surface area contributed by atoms with Crippen LogP contribution in [0.4, 0.5) is 18.9 Å². The fourth-order valence-corrected chi connectivity index (χ4v) is 9.09. The molecule has 6 aliphatic rings. The van der Waals surface area contributed by atoms with Gasteiger partial charge >= 0.3 is 0 Å². The van der Waals surface area contributed by atoms with Crippen LogP contribution < -0.4 is 10.2 Å². The van der Waals surface area contributed by atoms with Crippen molar-refractivity contribution in [1.82, 2.24) is 35.2 Å². The van der Waals surface area contributed by atoms with E-state index in [9.17, 15) is 37.1 Å². The summed E-state index contributed by atoms with van der Waals surface area (Å²) in [5, 5.41) is 10.1. The molecule has 3 N–H and O–H groups in total. The van der Waals surface area contributed by atoms with Gasteiger partial charge in [0.05, 0.1) is 22.4 Å². The molecule has 5 amide bonds. The molecule has 3 unspecified atom stereocenters. The first kappa shape index (κ1) is 39.3. The molecule has 3 saturated heterocycles. The number of alkyl halides is 2. The van der Waals surface area contributed by atoms with Gasteiger partial charge < -0.3 is 19.7 Å². The highest BCUT2D eigenvalue weighted by molar-refractivity contribution is 6.23. The minimum atomic E-state index is -2.66. The summed E-state index contributed by atoms with van der Waals surface area (Å²) in [7, 11) is 1.99. The zero-order valence-corrected chi connectivity index (χ0v) is 33.0. The Morgan fingerprint density at radius 2 is 1.62 bits per heavy atom. The van der Waals surface area contributed by atoms with Crippen LogP contribution in [0.2, 0.25) is 0 Å². The lowest BCUT2D eigenvalue weighted by molar-refractivity contribution is -0.136. The molecule has 2 aliphatic carbocycles. The van der Waals surface area contributed by atoms with E-state index >= 15 is 0 Å². The van der Waals surface area contributed by atoms with E-state index in [1.54, 1.807) is 36.1 Å². The van der Waals surface area contributed by atoms with Crippen LogP contribution in [0.1, 0.15) is 88.8 Å². The number of rotatable bonds is 4. The van der Waals surface area contributed by atoms with E-state index in [1.165, 1.54) is 6.07 Å². The Hall–Kier alpha value is -5.51. The normalized spacial score (nSPS) is 24.7. The van der Waals surface area contributed by atoms with Crippen molar-refractivity contribution < 1.29 is 37.1 Å². The first-order valence-corrected chi connectivity index (χ1v) is 20.1. The smallest absolute Gasteiger partial charge is 0.262 e. The quantitative estimate of drug-likeness (QED) is 0.239. The molecule has 0 bridgehead atoms. The number of benzene rings is 2. The van der Waals surface area contributed by atoms with E-state index in [0.29, 0.717) is 46.5 Å². The molecule has 4 aliphatic heterocycles. The Morgan fingerprint density at radius 3 is 2.33 bits per heavy atom. The largest absolute Gasteiger partial charge is 0.372 e. The standard InChI is InChI=1S/C23H24F3N5O.C17H17N3O4.C2H6/c1-22-11-18-14(10-19(22)23(22,25)26)20(29-28-18)17-8-12-7-15(24)13(9-16(12)27-17)21(32)31-5-3-30(2)4-6-31;21-14-6-5-13(15(22)18-14)20-16(23)11-4-3-10(9-12(11)17(20)24)19-7-1-2-8-19;1-2/h7-9,19,27H,3-6,10-11H2,1-2H3,(H,28,29);3-4,9,13H,1-2,5-8H2,(H,18,21,22);1-2H3. The van der Waals surface area contributed by atoms with Gasteiger partial charge in [-0.1, -0.05) is 20.8 Å². The maximum absolute atomic E-state index is 14.8. The average Bonchev–Trinajstić information content (AvgIpc) is 3.90. The van der Waals surface area contributed by atoms with Gasteiger partial charge in [0.15, 0.2) is 0 Å². The van der Waals surface area contributed by atoms with Crippen LogP contribution in [-0.4, -0.2) is 118 Å². The van der Waals surface area contributed by atoms with Crippen LogP contribution in [0.3, 0.4) is 0 Å². The summed E-state index contributed by atoms with van der Waals surface area (Å²) < 4.78 is 43.3. The number of anilines is 1. The molecular formula is C42H47F3N8O5. The predicted molar refractivity (Wildman–Crippen MR) is 209 cm³/mol. The lowest BCUT2D eigenvalue weighted by Gasteiger charge is -2.32. The van der Waals surface area contributed by atoms with Crippen molar-refractivity contribution in [3.05, 3.63) is 70.2 Å². The number of amides is 5. The van der Waals surface area contributed by atoms with Crippen molar-refractivity contribution in [2.75, 3.05) is 51.2 Å². The lowest BCUT2D eigenvalue weighted by atomic mass is 9.87. The van der Waals surface area contributed by atoms with Crippen molar-refractivity contribution in [1.29, 1.82) is 0 Å². The number of hydrogen-bond acceptors (Lipinski definition) is 8. The molecule has 0 radical (unpaired) electrons. The van der Waals surface area contributed by atoms with E-state index < -0.39 is 46.8 Å². The van der Waals surface area contributed by atoms with Gasteiger partial charge in [0.2, 0.25) is 11.8 Å². The number of H-pyrrole nitrogens is 2. The Labute approximate surface area is 333 Å². The number of carbonyl (C=O) groups is 5. The number of halogens is 3. The molecule has 306 valence electrons. The third-order valence-corrected chi connectivity index (χ3v) is 12.7. The van der Waals surface area contributed by atoms with Gasteiger partial charge in [-0.25, -0.2) is 13.2 Å². The molecule has 6 heterocycles.